The fourth-order valence-electron chi connectivity index (χ4n) is 3.31. The molecule has 4 rings (SSSR count). The summed E-state index contributed by atoms with van der Waals surface area (Å²) in [7, 11) is 0. The number of benzene rings is 2. The molecule has 1 aliphatic carbocycles. The van der Waals surface area contributed by atoms with E-state index in [2.05, 4.69) is 10.6 Å². The van der Waals surface area contributed by atoms with Gasteiger partial charge in [-0.1, -0.05) is 18.2 Å². The molecule has 1 atom stereocenters. The lowest BCUT2D eigenvalue weighted by molar-refractivity contribution is -0.137. The Labute approximate surface area is 177 Å². The highest BCUT2D eigenvalue weighted by molar-refractivity contribution is 6.04. The van der Waals surface area contributed by atoms with Gasteiger partial charge in [0.2, 0.25) is 0 Å². The molecule has 8 heteroatoms. The molecule has 2 aliphatic rings. The van der Waals surface area contributed by atoms with Crippen molar-refractivity contribution in [2.45, 2.75) is 44.5 Å². The summed E-state index contributed by atoms with van der Waals surface area (Å²) in [6.45, 7) is 1.80. The fraction of sp³-hybridized carbons (Fsp3) is 0.304. The van der Waals surface area contributed by atoms with E-state index in [4.69, 9.17) is 4.74 Å². The molecule has 1 heterocycles. The first kappa shape index (κ1) is 21.0. The van der Waals surface area contributed by atoms with Crippen molar-refractivity contribution < 1.29 is 27.5 Å². The average molecular weight is 430 g/mol. The van der Waals surface area contributed by atoms with Crippen molar-refractivity contribution in [2.75, 3.05) is 5.32 Å². The predicted octanol–water partition coefficient (Wildman–Crippen LogP) is 4.89. The van der Waals surface area contributed by atoms with Gasteiger partial charge in [-0.15, -0.1) is 0 Å². The van der Waals surface area contributed by atoms with Gasteiger partial charge in [0.15, 0.2) is 5.76 Å². The molecule has 162 valence electrons. The summed E-state index contributed by atoms with van der Waals surface area (Å²) in [4.78, 5) is 24.9. The van der Waals surface area contributed by atoms with E-state index in [0.717, 1.165) is 30.5 Å². The topological polar surface area (TPSA) is 67.4 Å². The minimum atomic E-state index is -4.45. The minimum Gasteiger partial charge on any atom is -0.480 e. The van der Waals surface area contributed by atoms with Crippen LogP contribution in [0.1, 0.15) is 52.4 Å². The van der Waals surface area contributed by atoms with Gasteiger partial charge in [-0.3, -0.25) is 9.59 Å². The van der Waals surface area contributed by atoms with Crippen LogP contribution in [0.4, 0.5) is 18.9 Å². The Balaban J connectivity index is 1.42. The van der Waals surface area contributed by atoms with E-state index >= 15 is 0 Å². The van der Waals surface area contributed by atoms with E-state index in [-0.39, 0.29) is 24.1 Å². The van der Waals surface area contributed by atoms with E-state index < -0.39 is 23.8 Å². The van der Waals surface area contributed by atoms with Crippen LogP contribution in [0.25, 0.3) is 0 Å². The van der Waals surface area contributed by atoms with Gasteiger partial charge in [0, 0.05) is 23.7 Å². The zero-order valence-electron chi connectivity index (χ0n) is 16.8. The largest absolute Gasteiger partial charge is 0.480 e. The Kier molecular flexibility index (Phi) is 5.47. The van der Waals surface area contributed by atoms with Crippen molar-refractivity contribution >= 4 is 17.5 Å². The van der Waals surface area contributed by atoms with Crippen LogP contribution in [0.15, 0.2) is 54.3 Å². The second kappa shape index (κ2) is 8.09. The van der Waals surface area contributed by atoms with Crippen molar-refractivity contribution in [1.82, 2.24) is 5.32 Å². The van der Waals surface area contributed by atoms with Crippen LogP contribution in [-0.2, 0) is 15.7 Å². The lowest BCUT2D eigenvalue weighted by Gasteiger charge is -2.16. The number of carbonyl (C=O) groups is 2. The molecule has 2 N–H and O–H groups in total. The third-order valence-corrected chi connectivity index (χ3v) is 5.26. The van der Waals surface area contributed by atoms with E-state index in [1.165, 1.54) is 6.07 Å². The quantitative estimate of drug-likeness (QED) is 0.710. The van der Waals surface area contributed by atoms with Crippen LogP contribution in [-0.4, -0.2) is 17.9 Å². The van der Waals surface area contributed by atoms with Gasteiger partial charge in [0.1, 0.15) is 6.10 Å². The predicted molar refractivity (Wildman–Crippen MR) is 108 cm³/mol. The number of aryl methyl sites for hydroxylation is 1. The normalized spacial score (nSPS) is 18.2. The van der Waals surface area contributed by atoms with E-state index in [0.29, 0.717) is 16.8 Å². The molecule has 0 bridgehead atoms. The van der Waals surface area contributed by atoms with Crippen molar-refractivity contribution in [2.24, 2.45) is 0 Å². The highest BCUT2D eigenvalue weighted by Crippen LogP contribution is 2.35. The molecule has 2 aromatic carbocycles. The highest BCUT2D eigenvalue weighted by Gasteiger charge is 2.32. The van der Waals surface area contributed by atoms with Crippen LogP contribution >= 0.6 is 0 Å². The van der Waals surface area contributed by atoms with E-state index in [1.807, 2.05) is 0 Å². The van der Waals surface area contributed by atoms with Gasteiger partial charge in [-0.2, -0.15) is 13.2 Å². The Bertz CT molecular complexity index is 1060. The Morgan fingerprint density at radius 1 is 1.06 bits per heavy atom. The summed E-state index contributed by atoms with van der Waals surface area (Å²) in [5, 5.41) is 5.63. The van der Waals surface area contributed by atoms with Gasteiger partial charge < -0.3 is 15.4 Å². The number of hydrogen-bond donors (Lipinski definition) is 2. The Morgan fingerprint density at radius 3 is 2.55 bits per heavy atom. The molecule has 1 aliphatic heterocycles. The first-order valence-corrected chi connectivity index (χ1v) is 9.97. The maximum absolute atomic E-state index is 13.0. The van der Waals surface area contributed by atoms with Gasteiger partial charge in [0.25, 0.3) is 11.8 Å². The van der Waals surface area contributed by atoms with Crippen molar-refractivity contribution in [1.29, 1.82) is 0 Å². The molecular weight excluding hydrogens is 409 g/mol. The maximum atomic E-state index is 13.0. The average Bonchev–Trinajstić information content (AvgIpc) is 3.40. The SMILES string of the molecule is Cc1ccc(C(=O)NC2CC2)cc1NC(=O)C1=CCC(c2cccc(C(F)(F)F)c2)O1. The van der Waals surface area contributed by atoms with E-state index in [9.17, 15) is 22.8 Å². The summed E-state index contributed by atoms with van der Waals surface area (Å²) in [6, 6.07) is 10.1. The molecule has 0 radical (unpaired) electrons. The molecule has 5 nitrogen and oxygen atoms in total. The Morgan fingerprint density at radius 2 is 1.84 bits per heavy atom. The molecule has 1 saturated carbocycles. The van der Waals surface area contributed by atoms with Gasteiger partial charge in [-0.05, 0) is 61.2 Å². The lowest BCUT2D eigenvalue weighted by atomic mass is 10.0. The first-order valence-electron chi connectivity index (χ1n) is 9.97. The van der Waals surface area contributed by atoms with Crippen molar-refractivity contribution in [3.05, 3.63) is 76.6 Å². The zero-order chi connectivity index (χ0) is 22.2. The number of amides is 2. The summed E-state index contributed by atoms with van der Waals surface area (Å²) < 4.78 is 44.5. The number of halogens is 3. The third kappa shape index (κ3) is 4.90. The molecule has 0 saturated heterocycles. The molecule has 1 fully saturated rings. The van der Waals surface area contributed by atoms with Crippen LogP contribution in [0.3, 0.4) is 0 Å². The standard InChI is InChI=1S/C23H21F3N2O3/c1-13-5-6-15(21(29)27-17-7-8-17)12-18(13)28-22(30)20-10-9-19(31-20)14-3-2-4-16(11-14)23(24,25)26/h2-6,10-12,17,19H,7-9H2,1H3,(H,27,29)(H,28,30). The number of hydrogen-bond acceptors (Lipinski definition) is 3. The van der Waals surface area contributed by atoms with E-state index in [1.54, 1.807) is 37.3 Å². The maximum Gasteiger partial charge on any atom is 0.416 e. The van der Waals surface area contributed by atoms with Crippen LogP contribution < -0.4 is 10.6 Å². The van der Waals surface area contributed by atoms with Gasteiger partial charge in [-0.25, -0.2) is 0 Å². The van der Waals surface area contributed by atoms with Crippen LogP contribution in [0.2, 0.25) is 0 Å². The van der Waals surface area contributed by atoms with Crippen molar-refractivity contribution in [3.63, 3.8) is 0 Å². The number of rotatable bonds is 5. The number of nitrogens with one attached hydrogen (secondary N) is 2. The minimum absolute atomic E-state index is 0.0367. The monoisotopic (exact) mass is 430 g/mol. The first-order chi connectivity index (χ1) is 14.7. The van der Waals surface area contributed by atoms with Gasteiger partial charge in [0.05, 0.1) is 5.56 Å². The molecule has 0 spiro atoms. The number of carbonyl (C=O) groups excluding carboxylic acids is 2. The highest BCUT2D eigenvalue weighted by atomic mass is 19.4. The zero-order valence-corrected chi connectivity index (χ0v) is 16.8. The van der Waals surface area contributed by atoms with Crippen LogP contribution in [0.5, 0.6) is 0 Å². The summed E-state index contributed by atoms with van der Waals surface area (Å²) in [5.74, 6) is -0.675. The molecular formula is C23H21F3N2O3. The number of anilines is 1. The second-order valence-electron chi connectivity index (χ2n) is 7.77. The molecule has 1 unspecified atom stereocenters. The number of ether oxygens (including phenoxy) is 1. The smallest absolute Gasteiger partial charge is 0.416 e. The Hall–Kier alpha value is -3.29. The van der Waals surface area contributed by atoms with Gasteiger partial charge >= 0.3 is 6.18 Å². The summed E-state index contributed by atoms with van der Waals surface area (Å²) in [5.41, 5.74) is 1.27. The molecule has 0 aromatic heterocycles. The summed E-state index contributed by atoms with van der Waals surface area (Å²) >= 11 is 0. The molecule has 2 aromatic rings. The van der Waals surface area contributed by atoms with Crippen molar-refractivity contribution in [3.8, 4) is 0 Å². The molecule has 2 amide bonds. The number of alkyl halides is 3. The second-order valence-corrected chi connectivity index (χ2v) is 7.77. The third-order valence-electron chi connectivity index (χ3n) is 5.26. The summed E-state index contributed by atoms with van der Waals surface area (Å²) in [6.07, 6.45) is -1.33. The molecule has 31 heavy (non-hydrogen) atoms. The van der Waals surface area contributed by atoms with Crippen LogP contribution in [0, 0.1) is 6.92 Å². The fourth-order valence-corrected chi connectivity index (χ4v) is 3.31. The lowest BCUT2D eigenvalue weighted by Crippen LogP contribution is -2.25.